The molecular formula is C21H20F3N5O5S. The van der Waals surface area contributed by atoms with Crippen LogP contribution in [0.2, 0.25) is 0 Å². The maximum atomic E-state index is 12.9. The van der Waals surface area contributed by atoms with Crippen LogP contribution < -0.4 is 10.1 Å². The number of rotatable bonds is 5. The number of nitrogens with zero attached hydrogens (tertiary/aromatic N) is 4. The fourth-order valence-corrected chi connectivity index (χ4v) is 5.08. The lowest BCUT2D eigenvalue weighted by molar-refractivity contribution is -0.141. The Kier molecular flexibility index (Phi) is 6.40. The highest BCUT2D eigenvalue weighted by molar-refractivity contribution is 7.91. The first kappa shape index (κ1) is 24.4. The highest BCUT2D eigenvalue weighted by Gasteiger charge is 2.33. The van der Waals surface area contributed by atoms with Gasteiger partial charge in [-0.15, -0.1) is 0 Å². The molecule has 0 spiro atoms. The Hall–Kier alpha value is -3.68. The summed E-state index contributed by atoms with van der Waals surface area (Å²) in [6.07, 6.45) is -2.79. The van der Waals surface area contributed by atoms with Crippen molar-refractivity contribution in [3.63, 3.8) is 0 Å². The summed E-state index contributed by atoms with van der Waals surface area (Å²) < 4.78 is 69.0. The first-order valence-corrected chi connectivity index (χ1v) is 12.2. The highest BCUT2D eigenvalue weighted by atomic mass is 32.2. The first-order valence-electron chi connectivity index (χ1n) is 10.3. The number of pyridine rings is 1. The molecule has 1 aliphatic rings. The average molecular weight is 511 g/mol. The number of methoxy groups -OCH3 is 1. The number of amides is 2. The van der Waals surface area contributed by atoms with E-state index in [0.717, 1.165) is 18.2 Å². The Morgan fingerprint density at radius 1 is 1.23 bits per heavy atom. The maximum absolute atomic E-state index is 12.9. The molecule has 0 aliphatic carbocycles. The van der Waals surface area contributed by atoms with E-state index < -0.39 is 39.2 Å². The summed E-state index contributed by atoms with van der Waals surface area (Å²) in [7, 11) is -1.96. The second-order valence-electron chi connectivity index (χ2n) is 7.89. The Morgan fingerprint density at radius 3 is 2.69 bits per heavy atom. The van der Waals surface area contributed by atoms with Crippen molar-refractivity contribution in [1.29, 1.82) is 0 Å². The zero-order valence-corrected chi connectivity index (χ0v) is 19.2. The molecule has 0 saturated carbocycles. The first-order chi connectivity index (χ1) is 16.4. The quantitative estimate of drug-likeness (QED) is 0.558. The van der Waals surface area contributed by atoms with Gasteiger partial charge in [0.25, 0.3) is 5.91 Å². The number of ether oxygens (including phenoxy) is 1. The van der Waals surface area contributed by atoms with Gasteiger partial charge in [-0.25, -0.2) is 13.4 Å². The van der Waals surface area contributed by atoms with Crippen LogP contribution in [0.3, 0.4) is 0 Å². The summed E-state index contributed by atoms with van der Waals surface area (Å²) in [6, 6.07) is 5.99. The molecule has 14 heteroatoms. The monoisotopic (exact) mass is 511 g/mol. The number of nitrogens with one attached hydrogen (secondary N) is 1. The molecule has 3 heterocycles. The predicted molar refractivity (Wildman–Crippen MR) is 118 cm³/mol. The van der Waals surface area contributed by atoms with Crippen LogP contribution in [0.5, 0.6) is 5.75 Å². The summed E-state index contributed by atoms with van der Waals surface area (Å²) in [6.45, 7) is 0.148. The lowest BCUT2D eigenvalue weighted by atomic mass is 10.2. The third kappa shape index (κ3) is 5.53. The number of anilines is 1. The van der Waals surface area contributed by atoms with Crippen molar-refractivity contribution in [2.75, 3.05) is 30.6 Å². The molecule has 1 saturated heterocycles. The minimum atomic E-state index is -4.70. The zero-order valence-electron chi connectivity index (χ0n) is 18.4. The fraction of sp³-hybridized carbons (Fsp3) is 0.333. The number of hydrogen-bond donors (Lipinski definition) is 1. The highest BCUT2D eigenvalue weighted by Crippen LogP contribution is 2.31. The second-order valence-corrected chi connectivity index (χ2v) is 10.0. The molecular weight excluding hydrogens is 491 g/mol. The molecule has 0 unspecified atom stereocenters. The molecule has 1 fully saturated rings. The molecule has 0 bridgehead atoms. The van der Waals surface area contributed by atoms with E-state index in [0.29, 0.717) is 23.9 Å². The molecule has 2 amide bonds. The van der Waals surface area contributed by atoms with Gasteiger partial charge in [-0.1, -0.05) is 6.07 Å². The Balaban J connectivity index is 1.55. The summed E-state index contributed by atoms with van der Waals surface area (Å²) in [5.74, 6) is -1.37. The number of hydrogen-bond acceptors (Lipinski definition) is 7. The Morgan fingerprint density at radius 2 is 2.00 bits per heavy atom. The van der Waals surface area contributed by atoms with Gasteiger partial charge in [-0.05, 0) is 24.6 Å². The molecule has 1 aliphatic heterocycles. The van der Waals surface area contributed by atoms with E-state index in [2.05, 4.69) is 15.4 Å². The predicted octanol–water partition coefficient (Wildman–Crippen LogP) is 2.32. The third-order valence-corrected chi connectivity index (χ3v) is 6.90. The number of halogens is 3. The van der Waals surface area contributed by atoms with Gasteiger partial charge in [0.05, 0.1) is 24.1 Å². The summed E-state index contributed by atoms with van der Waals surface area (Å²) >= 11 is 0. The van der Waals surface area contributed by atoms with E-state index in [4.69, 9.17) is 4.74 Å². The molecule has 4 rings (SSSR count). The van der Waals surface area contributed by atoms with E-state index >= 15 is 0 Å². The largest absolute Gasteiger partial charge is 0.494 e. The van der Waals surface area contributed by atoms with Crippen molar-refractivity contribution in [2.45, 2.75) is 19.1 Å². The molecule has 186 valence electrons. The van der Waals surface area contributed by atoms with Crippen molar-refractivity contribution < 1.29 is 35.9 Å². The summed E-state index contributed by atoms with van der Waals surface area (Å²) in [5.41, 5.74) is -1.03. The van der Waals surface area contributed by atoms with Crippen LogP contribution in [-0.2, 0) is 27.4 Å². The van der Waals surface area contributed by atoms with Gasteiger partial charge in [-0.2, -0.15) is 18.3 Å². The Labute approximate surface area is 197 Å². The molecule has 0 radical (unpaired) electrons. The minimum Gasteiger partial charge on any atom is -0.494 e. The van der Waals surface area contributed by atoms with E-state index in [-0.39, 0.29) is 29.6 Å². The third-order valence-electron chi connectivity index (χ3n) is 5.28. The summed E-state index contributed by atoms with van der Waals surface area (Å²) in [5, 5.41) is 7.30. The van der Waals surface area contributed by atoms with Crippen molar-refractivity contribution >= 4 is 38.2 Å². The number of carbonyl (C=O) groups excluding carboxylic acids is 2. The van der Waals surface area contributed by atoms with Gasteiger partial charge >= 0.3 is 6.18 Å². The molecule has 35 heavy (non-hydrogen) atoms. The van der Waals surface area contributed by atoms with Crippen molar-refractivity contribution in [2.24, 2.45) is 0 Å². The lowest BCUT2D eigenvalue weighted by Crippen LogP contribution is -2.43. The topological polar surface area (TPSA) is 123 Å². The van der Waals surface area contributed by atoms with Gasteiger partial charge in [0, 0.05) is 24.2 Å². The maximum Gasteiger partial charge on any atom is 0.433 e. The number of benzene rings is 1. The van der Waals surface area contributed by atoms with Gasteiger partial charge < -0.3 is 15.0 Å². The number of fused-ring (bicyclic) bond motifs is 1. The van der Waals surface area contributed by atoms with Crippen LogP contribution in [0, 0.1) is 0 Å². The van der Waals surface area contributed by atoms with E-state index in [1.54, 1.807) is 0 Å². The van der Waals surface area contributed by atoms with Crippen LogP contribution in [0.4, 0.5) is 18.9 Å². The smallest absolute Gasteiger partial charge is 0.433 e. The average Bonchev–Trinajstić information content (AvgIpc) is 3.18. The van der Waals surface area contributed by atoms with Crippen molar-refractivity contribution in [1.82, 2.24) is 19.7 Å². The van der Waals surface area contributed by atoms with Gasteiger partial charge in [0.2, 0.25) is 5.91 Å². The minimum absolute atomic E-state index is 0.0484. The van der Waals surface area contributed by atoms with Crippen LogP contribution in [0.15, 0.2) is 36.5 Å². The molecule has 3 aromatic rings. The van der Waals surface area contributed by atoms with Crippen LogP contribution in [0.1, 0.15) is 22.6 Å². The number of aromatic nitrogens is 3. The van der Waals surface area contributed by atoms with E-state index in [9.17, 15) is 31.2 Å². The van der Waals surface area contributed by atoms with Gasteiger partial charge in [-0.3, -0.25) is 14.3 Å². The summed E-state index contributed by atoms with van der Waals surface area (Å²) in [4.78, 5) is 29.7. The Bertz CT molecular complexity index is 1400. The van der Waals surface area contributed by atoms with Crippen LogP contribution in [0.25, 0.3) is 10.9 Å². The molecule has 0 atom stereocenters. The SMILES string of the molecule is COc1cc2nn(CC(=O)N3CCCS(=O)(=O)C3)cc2cc1NC(=O)c1cccc(C(F)(F)F)n1. The molecule has 10 nitrogen and oxygen atoms in total. The van der Waals surface area contributed by atoms with Crippen molar-refractivity contribution in [3.05, 3.63) is 47.9 Å². The zero-order chi connectivity index (χ0) is 25.4. The number of alkyl halides is 3. The van der Waals surface area contributed by atoms with Gasteiger partial charge in [0.15, 0.2) is 9.84 Å². The fourth-order valence-electron chi connectivity index (χ4n) is 3.63. The molecule has 1 aromatic carbocycles. The standard InChI is InChI=1S/C21H20F3N5O5S/c1-34-17-9-15-13(10-29(27-15)11-19(30)28-6-3-7-35(32,33)12-28)8-16(17)26-20(31)14-4-2-5-18(25-14)21(22,23)24/h2,4-5,8-10H,3,6-7,11-12H2,1H3,(H,26,31). The van der Waals surface area contributed by atoms with Gasteiger partial charge in [0.1, 0.15) is 29.6 Å². The second kappa shape index (κ2) is 9.17. The van der Waals surface area contributed by atoms with E-state index in [1.165, 1.54) is 35.0 Å². The molecule has 2 aromatic heterocycles. The van der Waals surface area contributed by atoms with Crippen LogP contribution >= 0.6 is 0 Å². The number of carbonyl (C=O) groups is 2. The molecule has 1 N–H and O–H groups in total. The van der Waals surface area contributed by atoms with Crippen LogP contribution in [-0.4, -0.2) is 65.2 Å². The normalized spacial score (nSPS) is 15.7. The number of sulfone groups is 1. The van der Waals surface area contributed by atoms with Crippen molar-refractivity contribution in [3.8, 4) is 5.75 Å². The van der Waals surface area contributed by atoms with E-state index in [1.807, 2.05) is 0 Å². The lowest BCUT2D eigenvalue weighted by Gasteiger charge is -2.26.